The predicted molar refractivity (Wildman–Crippen MR) is 109 cm³/mol. The number of ether oxygens (including phenoxy) is 1. The second kappa shape index (κ2) is 7.56. The molecule has 1 unspecified atom stereocenters. The fourth-order valence-corrected chi connectivity index (χ4v) is 4.14. The molecule has 0 aliphatic carbocycles. The Kier molecular flexibility index (Phi) is 5.40. The van der Waals surface area contributed by atoms with Crippen molar-refractivity contribution in [1.82, 2.24) is 0 Å². The highest BCUT2D eigenvalue weighted by atomic mass is 32.1. The first-order valence-corrected chi connectivity index (χ1v) is 9.59. The fourth-order valence-electron chi connectivity index (χ4n) is 2.86. The molecule has 1 aromatic heterocycles. The van der Waals surface area contributed by atoms with E-state index in [1.807, 2.05) is 57.2 Å². The Bertz CT molecular complexity index is 874. The maximum absolute atomic E-state index is 12.4. The molecule has 134 valence electrons. The van der Waals surface area contributed by atoms with E-state index in [1.165, 1.54) is 0 Å². The maximum atomic E-state index is 12.4. The molecule has 26 heavy (non-hydrogen) atoms. The zero-order valence-electron chi connectivity index (χ0n) is 15.7. The van der Waals surface area contributed by atoms with Crippen LogP contribution in [0.5, 0.6) is 0 Å². The Morgan fingerprint density at radius 3 is 1.96 bits per heavy atom. The van der Waals surface area contributed by atoms with E-state index in [0.29, 0.717) is 0 Å². The number of carbonyl (C=O) groups excluding carboxylic acids is 1. The Morgan fingerprint density at radius 2 is 1.46 bits per heavy atom. The molecule has 0 aliphatic heterocycles. The number of ketones is 1. The van der Waals surface area contributed by atoms with Crippen LogP contribution in [0.1, 0.15) is 38.7 Å². The number of thiophene rings is 1. The van der Waals surface area contributed by atoms with Crippen LogP contribution in [-0.2, 0) is 9.53 Å². The standard InChI is InChI=1S/C23H24O2S/c1-16(24)21(25-23(2,3)4)22-19(17-11-7-5-8-12-17)15-20(26-22)18-13-9-6-10-14-18/h5-15,21H,1-4H3. The molecule has 3 heteroatoms. The van der Waals surface area contributed by atoms with Crippen molar-refractivity contribution in [3.63, 3.8) is 0 Å². The maximum Gasteiger partial charge on any atom is 0.163 e. The summed E-state index contributed by atoms with van der Waals surface area (Å²) < 4.78 is 6.16. The van der Waals surface area contributed by atoms with Crippen molar-refractivity contribution in [1.29, 1.82) is 0 Å². The third kappa shape index (κ3) is 4.29. The summed E-state index contributed by atoms with van der Waals surface area (Å²) in [5.41, 5.74) is 2.92. The van der Waals surface area contributed by atoms with Gasteiger partial charge < -0.3 is 4.74 Å². The highest BCUT2D eigenvalue weighted by Gasteiger charge is 2.29. The van der Waals surface area contributed by atoms with Gasteiger partial charge in [-0.3, -0.25) is 4.79 Å². The summed E-state index contributed by atoms with van der Waals surface area (Å²) in [5.74, 6) is 0.0265. The quantitative estimate of drug-likeness (QED) is 0.514. The zero-order chi connectivity index (χ0) is 18.7. The molecule has 0 spiro atoms. The van der Waals surface area contributed by atoms with Gasteiger partial charge in [-0.05, 0) is 50.5 Å². The third-order valence-corrected chi connectivity index (χ3v) is 5.21. The van der Waals surface area contributed by atoms with Gasteiger partial charge in [0.25, 0.3) is 0 Å². The number of Topliss-reactive ketones (excluding diaryl/α,β-unsaturated/α-hetero) is 1. The molecule has 0 fully saturated rings. The van der Waals surface area contributed by atoms with E-state index in [9.17, 15) is 4.79 Å². The summed E-state index contributed by atoms with van der Waals surface area (Å²) in [6.45, 7) is 7.55. The van der Waals surface area contributed by atoms with Crippen molar-refractivity contribution in [2.24, 2.45) is 0 Å². The van der Waals surface area contributed by atoms with Gasteiger partial charge >= 0.3 is 0 Å². The zero-order valence-corrected chi connectivity index (χ0v) is 16.5. The average molecular weight is 365 g/mol. The Balaban J connectivity index is 2.15. The average Bonchev–Trinajstić information content (AvgIpc) is 3.05. The second-order valence-electron chi connectivity index (χ2n) is 7.34. The lowest BCUT2D eigenvalue weighted by molar-refractivity contribution is -0.138. The van der Waals surface area contributed by atoms with Crippen LogP contribution in [0.25, 0.3) is 21.6 Å². The van der Waals surface area contributed by atoms with Crippen LogP contribution in [-0.4, -0.2) is 11.4 Å². The summed E-state index contributed by atoms with van der Waals surface area (Å²) in [6.07, 6.45) is -0.562. The molecule has 1 heterocycles. The first-order chi connectivity index (χ1) is 12.3. The van der Waals surface area contributed by atoms with Crippen LogP contribution < -0.4 is 0 Å². The molecule has 0 amide bonds. The summed E-state index contributed by atoms with van der Waals surface area (Å²) in [6, 6.07) is 22.6. The number of hydrogen-bond acceptors (Lipinski definition) is 3. The SMILES string of the molecule is CC(=O)C(OC(C)(C)C)c1sc(-c2ccccc2)cc1-c1ccccc1. The molecule has 0 saturated heterocycles. The van der Waals surface area contributed by atoms with Crippen LogP contribution >= 0.6 is 11.3 Å². The fraction of sp³-hybridized carbons (Fsp3) is 0.261. The largest absolute Gasteiger partial charge is 0.359 e. The third-order valence-electron chi connectivity index (χ3n) is 3.98. The molecule has 2 aromatic carbocycles. The summed E-state index contributed by atoms with van der Waals surface area (Å²) in [5, 5.41) is 0. The number of benzene rings is 2. The number of rotatable bonds is 5. The van der Waals surface area contributed by atoms with E-state index < -0.39 is 11.7 Å². The Hall–Kier alpha value is -2.23. The van der Waals surface area contributed by atoms with Crippen LogP contribution in [0, 0.1) is 0 Å². The summed E-state index contributed by atoms with van der Waals surface area (Å²) in [4.78, 5) is 14.5. The van der Waals surface area contributed by atoms with Crippen molar-refractivity contribution in [3.8, 4) is 21.6 Å². The topological polar surface area (TPSA) is 26.3 Å². The van der Waals surface area contributed by atoms with Crippen LogP contribution in [0.15, 0.2) is 66.7 Å². The molecule has 0 bridgehead atoms. The number of hydrogen-bond donors (Lipinski definition) is 0. The normalized spacial score (nSPS) is 12.8. The van der Waals surface area contributed by atoms with E-state index in [0.717, 1.165) is 26.4 Å². The molecule has 0 saturated carbocycles. The van der Waals surface area contributed by atoms with Gasteiger partial charge in [0.1, 0.15) is 0 Å². The first-order valence-electron chi connectivity index (χ1n) is 8.78. The lowest BCUT2D eigenvalue weighted by Crippen LogP contribution is -2.26. The van der Waals surface area contributed by atoms with Crippen LogP contribution in [0.2, 0.25) is 0 Å². The van der Waals surface area contributed by atoms with Gasteiger partial charge in [0.15, 0.2) is 11.9 Å². The van der Waals surface area contributed by atoms with E-state index in [2.05, 4.69) is 30.3 Å². The Labute approximate surface area is 159 Å². The van der Waals surface area contributed by atoms with Gasteiger partial charge in [-0.2, -0.15) is 0 Å². The van der Waals surface area contributed by atoms with Gasteiger partial charge in [-0.1, -0.05) is 60.7 Å². The van der Waals surface area contributed by atoms with Gasteiger partial charge in [-0.15, -0.1) is 11.3 Å². The molecule has 0 aliphatic rings. The lowest BCUT2D eigenvalue weighted by Gasteiger charge is -2.26. The lowest BCUT2D eigenvalue weighted by atomic mass is 10.0. The minimum Gasteiger partial charge on any atom is -0.359 e. The van der Waals surface area contributed by atoms with E-state index in [4.69, 9.17) is 4.74 Å². The number of carbonyl (C=O) groups is 1. The van der Waals surface area contributed by atoms with Gasteiger partial charge in [0.2, 0.25) is 0 Å². The van der Waals surface area contributed by atoms with Crippen LogP contribution in [0.4, 0.5) is 0 Å². The molecular weight excluding hydrogens is 340 g/mol. The van der Waals surface area contributed by atoms with E-state index >= 15 is 0 Å². The van der Waals surface area contributed by atoms with Crippen molar-refractivity contribution in [3.05, 3.63) is 71.6 Å². The molecule has 0 radical (unpaired) electrons. The highest BCUT2D eigenvalue weighted by molar-refractivity contribution is 7.16. The van der Waals surface area contributed by atoms with Crippen molar-refractivity contribution >= 4 is 17.1 Å². The van der Waals surface area contributed by atoms with Crippen molar-refractivity contribution in [2.45, 2.75) is 39.4 Å². The molecular formula is C23H24O2S. The van der Waals surface area contributed by atoms with Crippen molar-refractivity contribution in [2.75, 3.05) is 0 Å². The molecule has 2 nitrogen and oxygen atoms in total. The second-order valence-corrected chi connectivity index (χ2v) is 8.43. The molecule has 3 aromatic rings. The van der Waals surface area contributed by atoms with E-state index in [1.54, 1.807) is 18.3 Å². The molecule has 1 atom stereocenters. The first kappa shape index (κ1) is 18.6. The van der Waals surface area contributed by atoms with E-state index in [-0.39, 0.29) is 5.78 Å². The molecule has 0 N–H and O–H groups in total. The van der Waals surface area contributed by atoms with Gasteiger partial charge in [-0.25, -0.2) is 0 Å². The van der Waals surface area contributed by atoms with Gasteiger partial charge in [0, 0.05) is 9.75 Å². The van der Waals surface area contributed by atoms with Crippen LogP contribution in [0.3, 0.4) is 0 Å². The Morgan fingerprint density at radius 1 is 0.923 bits per heavy atom. The van der Waals surface area contributed by atoms with Gasteiger partial charge in [0.05, 0.1) is 5.60 Å². The monoisotopic (exact) mass is 364 g/mol. The smallest absolute Gasteiger partial charge is 0.163 e. The summed E-state index contributed by atoms with van der Waals surface area (Å²) >= 11 is 1.64. The minimum absolute atomic E-state index is 0.0265. The highest BCUT2D eigenvalue weighted by Crippen LogP contribution is 2.42. The summed E-state index contributed by atoms with van der Waals surface area (Å²) in [7, 11) is 0. The van der Waals surface area contributed by atoms with Crippen molar-refractivity contribution < 1.29 is 9.53 Å². The molecule has 3 rings (SSSR count). The predicted octanol–water partition coefficient (Wildman–Crippen LogP) is 6.53. The minimum atomic E-state index is -0.562.